The summed E-state index contributed by atoms with van der Waals surface area (Å²) in [5.41, 5.74) is 5.76. The van der Waals surface area contributed by atoms with E-state index in [1.54, 1.807) is 35.9 Å². The lowest BCUT2D eigenvalue weighted by Gasteiger charge is -2.28. The number of benzene rings is 3. The molecule has 5 rings (SSSR count). The van der Waals surface area contributed by atoms with Gasteiger partial charge in [-0.25, -0.2) is 14.3 Å². The third kappa shape index (κ3) is 5.58. The van der Waals surface area contributed by atoms with Gasteiger partial charge in [-0.15, -0.1) is 5.10 Å². The van der Waals surface area contributed by atoms with Crippen LogP contribution in [-0.4, -0.2) is 40.4 Å². The normalized spacial score (nSPS) is 14.4. The van der Waals surface area contributed by atoms with E-state index in [2.05, 4.69) is 41.7 Å². The van der Waals surface area contributed by atoms with E-state index in [-0.39, 0.29) is 6.61 Å². The minimum absolute atomic E-state index is 0.248. The molecule has 198 valence electrons. The molecule has 1 aliphatic rings. The van der Waals surface area contributed by atoms with Crippen molar-refractivity contribution in [3.8, 4) is 11.1 Å². The summed E-state index contributed by atoms with van der Waals surface area (Å²) in [7, 11) is 1.34. The molecule has 0 saturated heterocycles. The summed E-state index contributed by atoms with van der Waals surface area (Å²) in [6.07, 6.45) is 0. The van der Waals surface area contributed by atoms with Gasteiger partial charge in [0.15, 0.2) is 0 Å². The Morgan fingerprint density at radius 1 is 0.949 bits per heavy atom. The number of hydrogen-bond acceptors (Lipinski definition) is 8. The number of nitrogens with zero attached hydrogens (tertiary/aromatic N) is 3. The molecule has 0 fully saturated rings. The average Bonchev–Trinajstić information content (AvgIpc) is 3.38. The van der Waals surface area contributed by atoms with Crippen LogP contribution in [0.25, 0.3) is 11.1 Å². The number of carbonyl (C=O) groups is 2. The van der Waals surface area contributed by atoms with Crippen LogP contribution in [-0.2, 0) is 20.0 Å². The third-order valence-corrected chi connectivity index (χ3v) is 7.31. The highest BCUT2D eigenvalue weighted by molar-refractivity contribution is 7.98. The van der Waals surface area contributed by atoms with Crippen LogP contribution < -0.4 is 5.32 Å². The van der Waals surface area contributed by atoms with Crippen LogP contribution in [0.4, 0.5) is 5.95 Å². The highest BCUT2D eigenvalue weighted by Gasteiger charge is 2.35. The van der Waals surface area contributed by atoms with E-state index in [0.717, 1.165) is 11.1 Å². The first-order valence-electron chi connectivity index (χ1n) is 12.6. The first kappa shape index (κ1) is 26.2. The first-order chi connectivity index (χ1) is 19.0. The molecule has 1 aromatic heterocycles. The topological polar surface area (TPSA) is 95.3 Å². The molecule has 0 aliphatic carbocycles. The summed E-state index contributed by atoms with van der Waals surface area (Å²) in [6, 6.07) is 25.1. The Labute approximate surface area is 231 Å². The number of anilines is 1. The number of allylic oxidation sites excluding steroid dienone is 1. The number of nitrogens with one attached hydrogen (secondary N) is 1. The molecule has 0 amide bonds. The van der Waals surface area contributed by atoms with E-state index in [9.17, 15) is 9.59 Å². The molecule has 0 spiro atoms. The fraction of sp³-hybridized carbons (Fsp3) is 0.200. The van der Waals surface area contributed by atoms with E-state index >= 15 is 0 Å². The standard InChI is InChI=1S/C30H28N4O4S/c1-4-38-28(36)25-19(2)31-29-32-30(33-34(29)26(25)23-14-16-24(17-15-23)27(35)37-3)39-18-20-10-12-22(13-11-20)21-8-6-5-7-9-21/h5-17,26H,4,18H2,1-3H3,(H,31,32,33)/t26-/m0/s1. The van der Waals surface area contributed by atoms with Crippen LogP contribution in [0.5, 0.6) is 0 Å². The lowest BCUT2D eigenvalue weighted by atomic mass is 9.95. The number of rotatable bonds is 8. The Balaban J connectivity index is 1.40. The van der Waals surface area contributed by atoms with Crippen molar-refractivity contribution in [2.45, 2.75) is 30.8 Å². The van der Waals surface area contributed by atoms with Gasteiger partial charge in [0.25, 0.3) is 0 Å². The van der Waals surface area contributed by atoms with Crippen molar-refractivity contribution in [1.82, 2.24) is 14.8 Å². The SMILES string of the molecule is CCOC(=O)C1=C(C)Nc2nc(SCc3ccc(-c4ccccc4)cc3)nn2[C@H]1c1ccc(C(=O)OC)cc1. The maximum atomic E-state index is 13.0. The maximum Gasteiger partial charge on any atom is 0.338 e. The maximum absolute atomic E-state index is 13.0. The number of methoxy groups -OCH3 is 1. The van der Waals surface area contributed by atoms with Gasteiger partial charge in [0.1, 0.15) is 6.04 Å². The fourth-order valence-corrected chi connectivity index (χ4v) is 5.25. The lowest BCUT2D eigenvalue weighted by molar-refractivity contribution is -0.139. The molecule has 0 radical (unpaired) electrons. The second-order valence-electron chi connectivity index (χ2n) is 8.91. The molecular formula is C30H28N4O4S. The van der Waals surface area contributed by atoms with Gasteiger partial charge < -0.3 is 14.8 Å². The predicted molar refractivity (Wildman–Crippen MR) is 150 cm³/mol. The fourth-order valence-electron chi connectivity index (χ4n) is 4.47. The van der Waals surface area contributed by atoms with Crippen LogP contribution in [0.1, 0.15) is 41.4 Å². The summed E-state index contributed by atoms with van der Waals surface area (Å²) in [6.45, 7) is 3.84. The molecule has 1 N–H and O–H groups in total. The first-order valence-corrected chi connectivity index (χ1v) is 13.5. The number of thioether (sulfide) groups is 1. The second kappa shape index (κ2) is 11.6. The molecular weight excluding hydrogens is 512 g/mol. The molecule has 1 atom stereocenters. The van der Waals surface area contributed by atoms with Crippen LogP contribution >= 0.6 is 11.8 Å². The minimum atomic E-state index is -0.570. The van der Waals surface area contributed by atoms with Crippen molar-refractivity contribution in [3.63, 3.8) is 0 Å². The van der Waals surface area contributed by atoms with Crippen molar-refractivity contribution in [3.05, 3.63) is 107 Å². The van der Waals surface area contributed by atoms with E-state index < -0.39 is 18.0 Å². The largest absolute Gasteiger partial charge is 0.465 e. The van der Waals surface area contributed by atoms with Crippen molar-refractivity contribution in [1.29, 1.82) is 0 Å². The number of carbonyl (C=O) groups excluding carboxylic acids is 2. The van der Waals surface area contributed by atoms with E-state index in [1.807, 2.05) is 25.1 Å². The van der Waals surface area contributed by atoms with Gasteiger partial charge in [0, 0.05) is 11.4 Å². The Hall–Kier alpha value is -4.37. The zero-order valence-electron chi connectivity index (χ0n) is 21.9. The number of ether oxygens (including phenoxy) is 2. The third-order valence-electron chi connectivity index (χ3n) is 6.41. The average molecular weight is 541 g/mol. The second-order valence-corrected chi connectivity index (χ2v) is 9.86. The molecule has 3 aromatic carbocycles. The number of esters is 2. The van der Waals surface area contributed by atoms with E-state index in [1.165, 1.54) is 30.0 Å². The minimum Gasteiger partial charge on any atom is -0.465 e. The molecule has 39 heavy (non-hydrogen) atoms. The Morgan fingerprint density at radius 2 is 1.64 bits per heavy atom. The summed E-state index contributed by atoms with van der Waals surface area (Å²) < 4.78 is 11.9. The highest BCUT2D eigenvalue weighted by Crippen LogP contribution is 2.37. The molecule has 0 bridgehead atoms. The summed E-state index contributed by atoms with van der Waals surface area (Å²) in [4.78, 5) is 29.7. The summed E-state index contributed by atoms with van der Waals surface area (Å²) in [5, 5.41) is 8.56. The Bertz CT molecular complexity index is 1510. The van der Waals surface area contributed by atoms with Crippen molar-refractivity contribution < 1.29 is 19.1 Å². The van der Waals surface area contributed by atoms with Gasteiger partial charge in [0.2, 0.25) is 11.1 Å². The zero-order valence-corrected chi connectivity index (χ0v) is 22.7. The summed E-state index contributed by atoms with van der Waals surface area (Å²) in [5.74, 6) is 0.359. The smallest absolute Gasteiger partial charge is 0.338 e. The quantitative estimate of drug-likeness (QED) is 0.219. The van der Waals surface area contributed by atoms with Gasteiger partial charge in [0.05, 0.1) is 24.9 Å². The van der Waals surface area contributed by atoms with Crippen LogP contribution in [0.2, 0.25) is 0 Å². The molecule has 4 aromatic rings. The molecule has 8 nitrogen and oxygen atoms in total. The van der Waals surface area contributed by atoms with E-state index in [0.29, 0.717) is 33.7 Å². The van der Waals surface area contributed by atoms with Crippen LogP contribution in [0.15, 0.2) is 95.3 Å². The predicted octanol–water partition coefficient (Wildman–Crippen LogP) is 5.88. The van der Waals surface area contributed by atoms with Gasteiger partial charge in [-0.1, -0.05) is 78.5 Å². The number of hydrogen-bond donors (Lipinski definition) is 1. The molecule has 0 saturated carbocycles. The van der Waals surface area contributed by atoms with Crippen molar-refractivity contribution in [2.24, 2.45) is 0 Å². The lowest BCUT2D eigenvalue weighted by Crippen LogP contribution is -2.29. The van der Waals surface area contributed by atoms with Crippen LogP contribution in [0.3, 0.4) is 0 Å². The monoisotopic (exact) mass is 540 g/mol. The molecule has 2 heterocycles. The highest BCUT2D eigenvalue weighted by atomic mass is 32.2. The van der Waals surface area contributed by atoms with Gasteiger partial charge in [-0.05, 0) is 48.2 Å². The number of fused-ring (bicyclic) bond motifs is 1. The van der Waals surface area contributed by atoms with Crippen molar-refractivity contribution in [2.75, 3.05) is 19.0 Å². The Kier molecular flexibility index (Phi) is 7.79. The molecule has 0 unspecified atom stereocenters. The Morgan fingerprint density at radius 3 is 2.31 bits per heavy atom. The van der Waals surface area contributed by atoms with Gasteiger partial charge in [-0.2, -0.15) is 4.98 Å². The molecule has 9 heteroatoms. The number of aromatic nitrogens is 3. The van der Waals surface area contributed by atoms with Gasteiger partial charge >= 0.3 is 11.9 Å². The van der Waals surface area contributed by atoms with Crippen LogP contribution in [0, 0.1) is 0 Å². The summed E-state index contributed by atoms with van der Waals surface area (Å²) >= 11 is 1.52. The van der Waals surface area contributed by atoms with Gasteiger partial charge in [-0.3, -0.25) is 0 Å². The van der Waals surface area contributed by atoms with E-state index in [4.69, 9.17) is 19.6 Å². The zero-order chi connectivity index (χ0) is 27.4. The van der Waals surface area contributed by atoms with Crippen molar-refractivity contribution >= 4 is 29.6 Å². The molecule has 1 aliphatic heterocycles.